The van der Waals surface area contributed by atoms with Gasteiger partial charge in [-0.25, -0.2) is 4.39 Å². The lowest BCUT2D eigenvalue weighted by molar-refractivity contribution is 0.0110. The molecule has 2 N–H and O–H groups in total. The van der Waals surface area contributed by atoms with E-state index in [1.54, 1.807) is 11.9 Å². The maximum atomic E-state index is 12.0. The minimum Gasteiger partial charge on any atom is -0.391 e. The third-order valence-electron chi connectivity index (χ3n) is 2.23. The highest BCUT2D eigenvalue weighted by Crippen LogP contribution is 2.18. The molecule has 0 aromatic rings. The Bertz CT molecular complexity index is 136. The lowest BCUT2D eigenvalue weighted by atomic mass is 10.1. The van der Waals surface area contributed by atoms with Crippen molar-refractivity contribution in [2.45, 2.75) is 44.9 Å². The highest BCUT2D eigenvalue weighted by molar-refractivity contribution is 4.89. The summed E-state index contributed by atoms with van der Waals surface area (Å²) in [6.07, 6.45) is 0.251. The summed E-state index contributed by atoms with van der Waals surface area (Å²) >= 11 is 0. The van der Waals surface area contributed by atoms with Crippen molar-refractivity contribution in [3.8, 4) is 0 Å². The van der Waals surface area contributed by atoms with Crippen LogP contribution in [0.1, 0.15) is 26.7 Å². The fraction of sp³-hybridized carbons (Fsp3) is 1.00. The summed E-state index contributed by atoms with van der Waals surface area (Å²) < 4.78 is 12.0. The standard InChI is InChI=1S/C7H14FNO2.C3H8/c1-9-3-2-5(10)7(9)6(11)4-8;1-3-2/h5-7,10-11H,2-4H2,1H3;3H2,1-2H3/t5-,6+,7-;/m0./s1. The Hall–Kier alpha value is -0.190. The van der Waals surface area contributed by atoms with Crippen LogP contribution in [0.4, 0.5) is 4.39 Å². The Morgan fingerprint density at radius 3 is 2.29 bits per heavy atom. The number of rotatable bonds is 2. The Kier molecular flexibility index (Phi) is 7.05. The van der Waals surface area contributed by atoms with Gasteiger partial charge in [0.2, 0.25) is 0 Å². The quantitative estimate of drug-likeness (QED) is 0.704. The first kappa shape index (κ1) is 13.8. The van der Waals surface area contributed by atoms with E-state index in [0.29, 0.717) is 6.42 Å². The van der Waals surface area contributed by atoms with Gasteiger partial charge in [0.15, 0.2) is 0 Å². The second kappa shape index (κ2) is 7.15. The van der Waals surface area contributed by atoms with Crippen molar-refractivity contribution >= 4 is 0 Å². The molecule has 0 aliphatic carbocycles. The maximum absolute atomic E-state index is 12.0. The zero-order valence-corrected chi connectivity index (χ0v) is 9.28. The number of alkyl halides is 1. The van der Waals surface area contributed by atoms with Crippen molar-refractivity contribution in [3.05, 3.63) is 0 Å². The third-order valence-corrected chi connectivity index (χ3v) is 2.23. The summed E-state index contributed by atoms with van der Waals surface area (Å²) in [5.74, 6) is 0. The summed E-state index contributed by atoms with van der Waals surface area (Å²) in [4.78, 5) is 1.79. The lowest BCUT2D eigenvalue weighted by Crippen LogP contribution is -2.43. The smallest absolute Gasteiger partial charge is 0.117 e. The minimum absolute atomic E-state index is 0.417. The van der Waals surface area contributed by atoms with Crippen molar-refractivity contribution in [1.29, 1.82) is 0 Å². The van der Waals surface area contributed by atoms with E-state index >= 15 is 0 Å². The van der Waals surface area contributed by atoms with Crippen molar-refractivity contribution in [2.24, 2.45) is 0 Å². The van der Waals surface area contributed by atoms with Crippen LogP contribution in [0.15, 0.2) is 0 Å². The summed E-state index contributed by atoms with van der Waals surface area (Å²) in [6, 6.07) is -0.417. The van der Waals surface area contributed by atoms with Crippen LogP contribution in [-0.2, 0) is 0 Å². The van der Waals surface area contributed by atoms with Gasteiger partial charge in [-0.05, 0) is 13.5 Å². The molecular weight excluding hydrogens is 185 g/mol. The molecule has 1 rings (SSSR count). The molecule has 0 saturated carbocycles. The predicted octanol–water partition coefficient (Wildman–Crippen LogP) is 0.798. The van der Waals surface area contributed by atoms with Gasteiger partial charge in [0.25, 0.3) is 0 Å². The highest BCUT2D eigenvalue weighted by Gasteiger charge is 2.35. The van der Waals surface area contributed by atoms with E-state index in [1.807, 2.05) is 0 Å². The van der Waals surface area contributed by atoms with Gasteiger partial charge in [-0.3, -0.25) is 4.90 Å². The zero-order chi connectivity index (χ0) is 11.1. The van der Waals surface area contributed by atoms with Gasteiger partial charge in [0, 0.05) is 6.54 Å². The van der Waals surface area contributed by atoms with Crippen LogP contribution in [0.3, 0.4) is 0 Å². The van der Waals surface area contributed by atoms with Crippen LogP contribution >= 0.6 is 0 Å². The molecule has 1 fully saturated rings. The number of nitrogens with zero attached hydrogens (tertiary/aromatic N) is 1. The number of halogens is 1. The monoisotopic (exact) mass is 207 g/mol. The normalized spacial score (nSPS) is 29.6. The Labute approximate surface area is 85.5 Å². The van der Waals surface area contributed by atoms with Crippen molar-refractivity contribution in [3.63, 3.8) is 0 Å². The van der Waals surface area contributed by atoms with Crippen LogP contribution in [0, 0.1) is 0 Å². The predicted molar refractivity (Wildman–Crippen MR) is 55.0 cm³/mol. The number of hydrogen-bond donors (Lipinski definition) is 2. The molecule has 4 heteroatoms. The van der Waals surface area contributed by atoms with Crippen LogP contribution in [0.2, 0.25) is 0 Å². The molecule has 0 aromatic heterocycles. The second-order valence-electron chi connectivity index (χ2n) is 3.76. The van der Waals surface area contributed by atoms with Gasteiger partial charge in [-0.1, -0.05) is 20.3 Å². The summed E-state index contributed by atoms with van der Waals surface area (Å²) in [5, 5.41) is 18.4. The summed E-state index contributed by atoms with van der Waals surface area (Å²) in [5.41, 5.74) is 0. The number of likely N-dealkylation sites (N-methyl/N-ethyl adjacent to an activating group) is 1. The average Bonchev–Trinajstić information content (AvgIpc) is 2.47. The molecule has 0 bridgehead atoms. The van der Waals surface area contributed by atoms with Gasteiger partial charge < -0.3 is 10.2 Å². The molecule has 3 atom stereocenters. The van der Waals surface area contributed by atoms with E-state index < -0.39 is 24.9 Å². The van der Waals surface area contributed by atoms with Gasteiger partial charge in [-0.2, -0.15) is 0 Å². The second-order valence-corrected chi connectivity index (χ2v) is 3.76. The van der Waals surface area contributed by atoms with E-state index in [1.165, 1.54) is 6.42 Å². The SMILES string of the molecule is CCC.CN1CC[C@H](O)[C@H]1[C@H](O)CF. The number of hydrogen-bond acceptors (Lipinski definition) is 3. The average molecular weight is 207 g/mol. The number of likely N-dealkylation sites (tertiary alicyclic amines) is 1. The van der Waals surface area contributed by atoms with Gasteiger partial charge in [0.1, 0.15) is 12.8 Å². The fourth-order valence-electron chi connectivity index (χ4n) is 1.59. The molecule has 0 amide bonds. The molecule has 1 aliphatic heterocycles. The van der Waals surface area contributed by atoms with Crippen LogP contribution in [0.5, 0.6) is 0 Å². The largest absolute Gasteiger partial charge is 0.391 e. The van der Waals surface area contributed by atoms with Crippen LogP contribution in [0.25, 0.3) is 0 Å². The minimum atomic E-state index is -1.04. The molecule has 0 radical (unpaired) electrons. The third kappa shape index (κ3) is 3.90. The number of aliphatic hydroxyl groups excluding tert-OH is 2. The van der Waals surface area contributed by atoms with Crippen LogP contribution in [-0.4, -0.2) is 53.6 Å². The highest BCUT2D eigenvalue weighted by atomic mass is 19.1. The van der Waals surface area contributed by atoms with Crippen molar-refractivity contribution in [1.82, 2.24) is 4.90 Å². The lowest BCUT2D eigenvalue weighted by Gasteiger charge is -2.25. The van der Waals surface area contributed by atoms with E-state index in [4.69, 9.17) is 5.11 Å². The Morgan fingerprint density at radius 2 is 2.00 bits per heavy atom. The first-order valence-electron chi connectivity index (χ1n) is 5.20. The van der Waals surface area contributed by atoms with Crippen molar-refractivity contribution in [2.75, 3.05) is 20.3 Å². The molecule has 0 spiro atoms. The molecule has 1 aliphatic rings. The molecule has 1 heterocycles. The maximum Gasteiger partial charge on any atom is 0.117 e. The van der Waals surface area contributed by atoms with Gasteiger partial charge in [-0.15, -0.1) is 0 Å². The van der Waals surface area contributed by atoms with Gasteiger partial charge in [0.05, 0.1) is 12.1 Å². The first-order chi connectivity index (χ1) is 6.58. The van der Waals surface area contributed by atoms with E-state index in [0.717, 1.165) is 6.54 Å². The van der Waals surface area contributed by atoms with Crippen LogP contribution < -0.4 is 0 Å². The molecule has 1 saturated heterocycles. The fourth-order valence-corrected chi connectivity index (χ4v) is 1.59. The first-order valence-corrected chi connectivity index (χ1v) is 5.20. The Balaban J connectivity index is 0.000000500. The number of aliphatic hydroxyl groups is 2. The van der Waals surface area contributed by atoms with E-state index in [2.05, 4.69) is 13.8 Å². The van der Waals surface area contributed by atoms with E-state index in [-0.39, 0.29) is 0 Å². The molecular formula is C10H22FNO2. The summed E-state index contributed by atoms with van der Waals surface area (Å²) in [6.45, 7) is 4.19. The Morgan fingerprint density at radius 1 is 1.50 bits per heavy atom. The van der Waals surface area contributed by atoms with Crippen molar-refractivity contribution < 1.29 is 14.6 Å². The summed E-state index contributed by atoms with van der Waals surface area (Å²) in [7, 11) is 1.78. The topological polar surface area (TPSA) is 43.7 Å². The van der Waals surface area contributed by atoms with E-state index in [9.17, 15) is 9.50 Å². The molecule has 3 nitrogen and oxygen atoms in total. The molecule has 0 aromatic carbocycles. The molecule has 0 unspecified atom stereocenters. The molecule has 86 valence electrons. The van der Waals surface area contributed by atoms with Gasteiger partial charge >= 0.3 is 0 Å². The molecule has 14 heavy (non-hydrogen) atoms. The zero-order valence-electron chi connectivity index (χ0n) is 9.28.